The van der Waals surface area contributed by atoms with E-state index in [0.29, 0.717) is 50.8 Å². The van der Waals surface area contributed by atoms with Gasteiger partial charge in [-0.25, -0.2) is 19.2 Å². The van der Waals surface area contributed by atoms with E-state index in [0.717, 1.165) is 134 Å². The zero-order valence-corrected chi connectivity index (χ0v) is 62.0. The van der Waals surface area contributed by atoms with Crippen LogP contribution in [0.5, 0.6) is 23.0 Å². The second-order valence-corrected chi connectivity index (χ2v) is 27.8. The monoisotopic (exact) mass is 1430 g/mol. The van der Waals surface area contributed by atoms with Crippen LogP contribution in [0.1, 0.15) is 149 Å². The van der Waals surface area contributed by atoms with Gasteiger partial charge >= 0.3 is 23.9 Å². The van der Waals surface area contributed by atoms with E-state index < -0.39 is 28.7 Å². The Balaban J connectivity index is 0.000000125. The molecule has 0 N–H and O–H groups in total. The van der Waals surface area contributed by atoms with E-state index >= 15 is 0 Å². The van der Waals surface area contributed by atoms with Crippen LogP contribution in [0, 0.1) is 13.8 Å². The van der Waals surface area contributed by atoms with Gasteiger partial charge in [-0.1, -0.05) is 152 Å². The van der Waals surface area contributed by atoms with Crippen molar-refractivity contribution >= 4 is 62.7 Å². The van der Waals surface area contributed by atoms with Crippen LogP contribution in [-0.4, -0.2) is 65.8 Å². The van der Waals surface area contributed by atoms with Gasteiger partial charge < -0.3 is 52.3 Å². The Hall–Kier alpha value is -12.6. The van der Waals surface area contributed by atoms with Crippen molar-refractivity contribution in [2.45, 2.75) is 78.4 Å². The molecule has 0 radical (unpaired) electrons. The standard InChI is InChI=1S/C38H34N2O3.C28H24N2O2.C27H25NO5/c1-3-39(4-2)30-19-21-33-36(24-30)42-35-22-20-29(23-34(35)38(33)32-18-12-11-17-31(32)37(41)43-38)40(25-27-13-7-5-8-14-27)26-28-15-9-6-10-16-28;1-17-25(20-12-6-9-15-23(20)29(17)3)28(22-14-8-5-11-19(22)27(31)32-28)26-18(2)30(4)24-16-10-7-13-21(24)26;1-4-28(5-2)18-12-13-21-24(16-18)32-23-14-11-17(25(29)31-6-3)15-22(23)27(21)20-10-8-7-9-19(20)26(30)33-27/h5-24H,3-4,25-26H2,1-2H3;5-16H,1-4H3;7-16H,4-6H2,1-3H3. The lowest BCUT2D eigenvalue weighted by molar-refractivity contribution is 0.0214. The molecule has 5 aliphatic heterocycles. The van der Waals surface area contributed by atoms with E-state index in [1.807, 2.05) is 103 Å². The van der Waals surface area contributed by atoms with E-state index in [-0.39, 0.29) is 18.5 Å². The molecule has 2 unspecified atom stereocenters. The number of benzene rings is 11. The molecule has 0 saturated carbocycles. The largest absolute Gasteiger partial charge is 0.462 e. The fourth-order valence-corrected chi connectivity index (χ4v) is 16.9. The van der Waals surface area contributed by atoms with Crippen molar-refractivity contribution in [1.29, 1.82) is 0 Å². The SMILES string of the molecule is CCN(CC)c1ccc2c(c1)Oc1ccc(N(Cc3ccccc3)Cc3ccccc3)cc1C21OC(=O)c2ccccc21.CCOC(=O)c1ccc2c(c1)C1(OC(=O)c3ccccc31)c1ccc(N(CC)CC)cc1O2.Cc1c(C2(c3c(C)n(C)c4ccccc34)OC(=O)c3ccccc32)c2ccccc2n1C. The summed E-state index contributed by atoms with van der Waals surface area (Å²) in [5, 5.41) is 2.20. The van der Waals surface area contributed by atoms with Gasteiger partial charge in [0.1, 0.15) is 23.0 Å². The van der Waals surface area contributed by atoms with Gasteiger partial charge in [-0.2, -0.15) is 0 Å². The quantitative estimate of drug-likeness (QED) is 0.0710. The summed E-state index contributed by atoms with van der Waals surface area (Å²) in [7, 11) is 4.15. The topological polar surface area (TPSA) is 143 Å². The zero-order chi connectivity index (χ0) is 74.8. The second-order valence-electron chi connectivity index (χ2n) is 27.8. The molecule has 0 saturated heterocycles. The first-order valence-corrected chi connectivity index (χ1v) is 37.1. The van der Waals surface area contributed by atoms with Gasteiger partial charge in [-0.05, 0) is 151 Å². The number of anilines is 3. The molecule has 5 aliphatic rings. The number of cyclic esters (lactones) is 1. The summed E-state index contributed by atoms with van der Waals surface area (Å²) in [4.78, 5) is 59.1. The molecule has 0 bridgehead atoms. The summed E-state index contributed by atoms with van der Waals surface area (Å²) in [5.74, 6) is 1.13. The molecule has 11 aromatic carbocycles. The normalized spacial score (nSPS) is 16.1. The van der Waals surface area contributed by atoms with E-state index in [4.69, 9.17) is 28.4 Å². The number of aryl methyl sites for hydroxylation is 2. The number of carbonyl (C=O) groups is 4. The van der Waals surface area contributed by atoms with Crippen LogP contribution in [0.25, 0.3) is 21.8 Å². The fraction of sp³-hybridized carbons (Fsp3) is 0.204. The zero-order valence-electron chi connectivity index (χ0n) is 62.0. The van der Waals surface area contributed by atoms with Gasteiger partial charge in [0.25, 0.3) is 0 Å². The first kappa shape index (κ1) is 69.7. The molecule has 108 heavy (non-hydrogen) atoms. The van der Waals surface area contributed by atoms with Crippen molar-refractivity contribution in [3.63, 3.8) is 0 Å². The number of aromatic nitrogens is 2. The average Bonchev–Trinajstić information content (AvgIpc) is 1.48. The van der Waals surface area contributed by atoms with Gasteiger partial charge in [0.2, 0.25) is 0 Å². The Kier molecular flexibility index (Phi) is 18.1. The number of carbonyl (C=O) groups excluding carboxylic acids is 4. The summed E-state index contributed by atoms with van der Waals surface area (Å²) in [6.07, 6.45) is 0. The predicted molar refractivity (Wildman–Crippen MR) is 422 cm³/mol. The Labute approximate surface area is 628 Å². The molecule has 18 rings (SSSR count). The molecule has 0 amide bonds. The van der Waals surface area contributed by atoms with Crippen LogP contribution < -0.4 is 24.2 Å². The molecule has 540 valence electrons. The Bertz CT molecular complexity index is 5590. The second kappa shape index (κ2) is 28.0. The summed E-state index contributed by atoms with van der Waals surface area (Å²) < 4.78 is 41.7. The molecular weight excluding hydrogens is 1350 g/mol. The number of esters is 4. The van der Waals surface area contributed by atoms with E-state index in [9.17, 15) is 19.2 Å². The van der Waals surface area contributed by atoms with Crippen molar-refractivity contribution in [2.24, 2.45) is 14.1 Å². The Morgan fingerprint density at radius 1 is 0.370 bits per heavy atom. The van der Waals surface area contributed by atoms with Crippen LogP contribution >= 0.6 is 0 Å². The summed E-state index contributed by atoms with van der Waals surface area (Å²) in [6.45, 7) is 19.7. The van der Waals surface area contributed by atoms with Crippen LogP contribution in [-0.2, 0) is 62.9 Å². The number of rotatable bonds is 15. The van der Waals surface area contributed by atoms with E-state index in [1.165, 1.54) is 11.1 Å². The van der Waals surface area contributed by atoms with Crippen molar-refractivity contribution in [3.05, 3.63) is 350 Å². The van der Waals surface area contributed by atoms with E-state index in [1.54, 1.807) is 31.2 Å². The molecule has 0 aliphatic carbocycles. The van der Waals surface area contributed by atoms with E-state index in [2.05, 4.69) is 207 Å². The number of ether oxygens (including phenoxy) is 6. The highest BCUT2D eigenvalue weighted by Crippen LogP contribution is 2.60. The molecule has 2 aromatic heterocycles. The Morgan fingerprint density at radius 3 is 1.19 bits per heavy atom. The summed E-state index contributed by atoms with van der Waals surface area (Å²) in [6, 6.07) is 84.3. The van der Waals surface area contributed by atoms with Crippen LogP contribution in [0.3, 0.4) is 0 Å². The maximum atomic E-state index is 13.4. The van der Waals surface area contributed by atoms with Crippen LogP contribution in [0.4, 0.5) is 17.1 Å². The maximum Gasteiger partial charge on any atom is 0.340 e. The van der Waals surface area contributed by atoms with Crippen molar-refractivity contribution in [2.75, 3.05) is 47.5 Å². The highest BCUT2D eigenvalue weighted by molar-refractivity contribution is 6.02. The van der Waals surface area contributed by atoms with Gasteiger partial charge in [0, 0.05) is 166 Å². The highest BCUT2D eigenvalue weighted by Gasteiger charge is 2.57. The molecular formula is C93H83N5O10. The lowest BCUT2D eigenvalue weighted by Crippen LogP contribution is -2.34. The van der Waals surface area contributed by atoms with Gasteiger partial charge in [-0.3, -0.25) is 0 Å². The fourth-order valence-electron chi connectivity index (χ4n) is 16.9. The molecule has 15 nitrogen and oxygen atoms in total. The number of nitrogens with zero attached hydrogens (tertiary/aromatic N) is 5. The lowest BCUT2D eigenvalue weighted by atomic mass is 9.77. The number of hydrogen-bond acceptors (Lipinski definition) is 13. The van der Waals surface area contributed by atoms with Crippen LogP contribution in [0.15, 0.2) is 255 Å². The van der Waals surface area contributed by atoms with Crippen molar-refractivity contribution in [1.82, 2.24) is 9.13 Å². The average molecular weight is 1430 g/mol. The summed E-state index contributed by atoms with van der Waals surface area (Å²) >= 11 is 0. The molecule has 0 fully saturated rings. The van der Waals surface area contributed by atoms with Crippen LogP contribution in [0.2, 0.25) is 0 Å². The molecule has 15 heteroatoms. The smallest absolute Gasteiger partial charge is 0.340 e. The minimum atomic E-state index is -1.21. The number of fused-ring (bicyclic) bond motifs is 15. The van der Waals surface area contributed by atoms with Crippen molar-refractivity contribution in [3.8, 4) is 23.0 Å². The molecule has 7 heterocycles. The van der Waals surface area contributed by atoms with Gasteiger partial charge in [0.05, 0.1) is 28.9 Å². The number of hydrogen-bond donors (Lipinski definition) is 0. The lowest BCUT2D eigenvalue weighted by Gasteiger charge is -2.38. The predicted octanol–water partition coefficient (Wildman–Crippen LogP) is 19.3. The first-order chi connectivity index (χ1) is 52.6. The minimum absolute atomic E-state index is 0.270. The maximum absolute atomic E-state index is 13.4. The van der Waals surface area contributed by atoms with Gasteiger partial charge in [-0.15, -0.1) is 0 Å². The molecule has 13 aromatic rings. The van der Waals surface area contributed by atoms with Crippen molar-refractivity contribution < 1.29 is 47.6 Å². The number of para-hydroxylation sites is 2. The van der Waals surface area contributed by atoms with Gasteiger partial charge in [0.15, 0.2) is 16.8 Å². The Morgan fingerprint density at radius 2 is 0.741 bits per heavy atom. The minimum Gasteiger partial charge on any atom is -0.462 e. The molecule has 2 spiro atoms. The third-order valence-corrected chi connectivity index (χ3v) is 22.2. The first-order valence-electron chi connectivity index (χ1n) is 37.1. The summed E-state index contributed by atoms with van der Waals surface area (Å²) in [5.41, 5.74) is 16.3. The third-order valence-electron chi connectivity index (χ3n) is 22.2. The highest BCUT2D eigenvalue weighted by atomic mass is 16.6. The third kappa shape index (κ3) is 11.2. The molecule has 2 atom stereocenters.